The zero-order valence-corrected chi connectivity index (χ0v) is 31.0. The van der Waals surface area contributed by atoms with Crippen molar-refractivity contribution in [2.45, 2.75) is 72.6 Å². The van der Waals surface area contributed by atoms with Crippen LogP contribution >= 0.6 is 15.9 Å². The van der Waals surface area contributed by atoms with Crippen LogP contribution in [0, 0.1) is 22.7 Å². The second-order valence-electron chi connectivity index (χ2n) is 12.5. The van der Waals surface area contributed by atoms with Crippen LogP contribution in [0.1, 0.15) is 72.9 Å². The molecule has 0 fully saturated rings. The molecular formula is C39H49BrN5O+. The predicted molar refractivity (Wildman–Crippen MR) is 195 cm³/mol. The Labute approximate surface area is 285 Å². The lowest BCUT2D eigenvalue weighted by Crippen LogP contribution is -2.30. The van der Waals surface area contributed by atoms with Gasteiger partial charge in [-0.1, -0.05) is 75.7 Å². The molecule has 0 radical (unpaired) electrons. The van der Waals surface area contributed by atoms with Crippen molar-refractivity contribution < 1.29 is 9.68 Å². The minimum Gasteiger partial charge on any atom is -0.507 e. The maximum Gasteiger partial charge on any atom is 0.209 e. The fraction of sp³-hybridized carbons (Fsp3) is 0.410. The van der Waals surface area contributed by atoms with Crippen molar-refractivity contribution in [3.8, 4) is 12.1 Å². The summed E-state index contributed by atoms with van der Waals surface area (Å²) in [5.41, 5.74) is 7.53. The van der Waals surface area contributed by atoms with E-state index in [-0.39, 0.29) is 22.2 Å². The zero-order valence-electron chi connectivity index (χ0n) is 29.4. The molecule has 2 aromatic carbocycles. The smallest absolute Gasteiger partial charge is 0.209 e. The molecule has 0 atom stereocenters. The van der Waals surface area contributed by atoms with Crippen LogP contribution in [-0.4, -0.2) is 54.5 Å². The molecule has 0 spiro atoms. The number of aliphatic hydroxyl groups excluding tert-OH is 1. The SMILES string of the molecule is CC.CC.CN(C)CCCN1/C(=C/C2=C(O)C(=C\C3=[N+](C)c4ccccc4C3(C)C)/C2=C(C#N)C#N)C(C)(C)c2cc(Br)ccc21. The second-order valence-corrected chi connectivity index (χ2v) is 13.4. The van der Waals surface area contributed by atoms with E-state index in [1.807, 2.05) is 59.0 Å². The van der Waals surface area contributed by atoms with Gasteiger partial charge in [-0.15, -0.1) is 0 Å². The van der Waals surface area contributed by atoms with Crippen LogP contribution in [-0.2, 0) is 10.8 Å². The highest BCUT2D eigenvalue weighted by atomic mass is 79.9. The van der Waals surface area contributed by atoms with Crippen molar-refractivity contribution in [1.29, 1.82) is 10.5 Å². The molecule has 7 heteroatoms. The maximum absolute atomic E-state index is 11.6. The second kappa shape index (κ2) is 14.7. The van der Waals surface area contributed by atoms with Gasteiger partial charge in [0.2, 0.25) is 5.69 Å². The van der Waals surface area contributed by atoms with Crippen molar-refractivity contribution in [3.05, 3.63) is 104 Å². The third kappa shape index (κ3) is 6.37. The van der Waals surface area contributed by atoms with Gasteiger partial charge in [0.05, 0.1) is 5.41 Å². The van der Waals surface area contributed by atoms with E-state index in [9.17, 15) is 15.6 Å². The van der Waals surface area contributed by atoms with Crippen molar-refractivity contribution in [2.24, 2.45) is 0 Å². The van der Waals surface area contributed by atoms with Gasteiger partial charge in [-0.2, -0.15) is 15.1 Å². The van der Waals surface area contributed by atoms with Crippen molar-refractivity contribution >= 4 is 33.0 Å². The summed E-state index contributed by atoms with van der Waals surface area (Å²) >= 11 is 3.65. The summed E-state index contributed by atoms with van der Waals surface area (Å²) in [6.07, 6.45) is 4.89. The predicted octanol–water partition coefficient (Wildman–Crippen LogP) is 9.24. The van der Waals surface area contributed by atoms with E-state index in [1.165, 1.54) is 11.1 Å². The van der Waals surface area contributed by atoms with Gasteiger partial charge in [-0.3, -0.25) is 0 Å². The van der Waals surface area contributed by atoms with Crippen LogP contribution in [0.3, 0.4) is 0 Å². The minimum absolute atomic E-state index is 0.00214. The molecule has 1 N–H and O–H groups in total. The Bertz CT molecular complexity index is 1720. The summed E-state index contributed by atoms with van der Waals surface area (Å²) in [6.45, 7) is 18.4. The summed E-state index contributed by atoms with van der Waals surface area (Å²) in [5.74, 6) is 0.106. The first-order chi connectivity index (χ1) is 21.8. The van der Waals surface area contributed by atoms with E-state index in [0.29, 0.717) is 16.7 Å². The third-order valence-corrected chi connectivity index (χ3v) is 9.36. The number of para-hydroxylation sites is 1. The molecule has 2 heterocycles. The number of allylic oxidation sites excluding steroid dienone is 6. The average molecular weight is 684 g/mol. The molecule has 0 aromatic heterocycles. The molecule has 0 saturated heterocycles. The third-order valence-electron chi connectivity index (χ3n) is 8.87. The molecule has 6 nitrogen and oxygen atoms in total. The monoisotopic (exact) mass is 682 g/mol. The zero-order chi connectivity index (χ0) is 34.6. The molecule has 242 valence electrons. The van der Waals surface area contributed by atoms with Crippen LogP contribution in [0.5, 0.6) is 0 Å². The van der Waals surface area contributed by atoms with Crippen LogP contribution in [0.15, 0.2) is 92.8 Å². The number of hydrogen-bond donors (Lipinski definition) is 1. The number of anilines is 1. The van der Waals surface area contributed by atoms with Gasteiger partial charge in [0.15, 0.2) is 5.71 Å². The topological polar surface area (TPSA) is 77.3 Å². The number of benzene rings is 2. The molecule has 0 saturated carbocycles. The van der Waals surface area contributed by atoms with Crippen molar-refractivity contribution in [2.75, 3.05) is 39.1 Å². The van der Waals surface area contributed by atoms with Gasteiger partial charge in [-0.05, 0) is 70.7 Å². The van der Waals surface area contributed by atoms with Crippen LogP contribution in [0.4, 0.5) is 11.4 Å². The first kappa shape index (κ1) is 36.6. The Morgan fingerprint density at radius 1 is 0.957 bits per heavy atom. The Balaban J connectivity index is 0.00000139. The molecule has 2 aliphatic heterocycles. The average Bonchev–Trinajstić information content (AvgIpc) is 3.37. The van der Waals surface area contributed by atoms with E-state index >= 15 is 0 Å². The van der Waals surface area contributed by atoms with Crippen molar-refractivity contribution in [1.82, 2.24) is 4.90 Å². The Kier molecular flexibility index (Phi) is 11.7. The van der Waals surface area contributed by atoms with Crippen LogP contribution < -0.4 is 4.90 Å². The molecule has 0 bridgehead atoms. The van der Waals surface area contributed by atoms with Gasteiger partial charge in [0, 0.05) is 62.2 Å². The Morgan fingerprint density at radius 2 is 1.59 bits per heavy atom. The highest BCUT2D eigenvalue weighted by Gasteiger charge is 2.46. The number of halogens is 1. The fourth-order valence-corrected chi connectivity index (χ4v) is 6.94. The van der Waals surface area contributed by atoms with Crippen LogP contribution in [0.25, 0.3) is 0 Å². The Morgan fingerprint density at radius 3 is 2.17 bits per heavy atom. The summed E-state index contributed by atoms with van der Waals surface area (Å²) < 4.78 is 3.14. The normalized spacial score (nSPS) is 18.7. The number of rotatable bonds is 6. The fourth-order valence-electron chi connectivity index (χ4n) is 6.58. The van der Waals surface area contributed by atoms with Gasteiger partial charge < -0.3 is 14.9 Å². The molecule has 46 heavy (non-hydrogen) atoms. The standard InChI is InChI=1S/C35H36BrN5O.2C2H6/c1-34(2)26-11-8-9-12-28(26)40(7)30(34)18-24-32(22(20-37)21-38)25(33(24)42)19-31-35(3,4)27-17-23(36)13-14-29(27)41(31)16-10-15-39(5)6;2*1-2/h8-9,11-14,17-19H,10,15-16H2,1-7H3;2*1-2H3/p+1. The lowest BCUT2D eigenvalue weighted by atomic mass is 9.74. The summed E-state index contributed by atoms with van der Waals surface area (Å²) in [5, 5.41) is 31.5. The number of nitriles is 2. The quantitative estimate of drug-likeness (QED) is 0.243. The van der Waals surface area contributed by atoms with Gasteiger partial charge in [-0.25, -0.2) is 0 Å². The van der Waals surface area contributed by atoms with Gasteiger partial charge in [0.25, 0.3) is 0 Å². The molecule has 3 aliphatic rings. The van der Waals surface area contributed by atoms with Crippen molar-refractivity contribution in [3.63, 3.8) is 0 Å². The molecule has 5 rings (SSSR count). The molecule has 0 amide bonds. The van der Waals surface area contributed by atoms with E-state index in [1.54, 1.807) is 0 Å². The lowest BCUT2D eigenvalue weighted by molar-refractivity contribution is -0.401. The first-order valence-electron chi connectivity index (χ1n) is 16.2. The van der Waals surface area contributed by atoms with Crippen LogP contribution in [0.2, 0.25) is 0 Å². The van der Waals surface area contributed by atoms with Gasteiger partial charge in [0.1, 0.15) is 30.5 Å². The summed E-state index contributed by atoms with van der Waals surface area (Å²) in [6, 6.07) is 18.8. The van der Waals surface area contributed by atoms with E-state index in [2.05, 4.69) is 115 Å². The van der Waals surface area contributed by atoms with E-state index in [0.717, 1.165) is 46.8 Å². The molecular weight excluding hydrogens is 634 g/mol. The highest BCUT2D eigenvalue weighted by molar-refractivity contribution is 9.10. The summed E-state index contributed by atoms with van der Waals surface area (Å²) in [7, 11) is 6.16. The number of nitrogens with zero attached hydrogens (tertiary/aromatic N) is 5. The first-order valence-corrected chi connectivity index (χ1v) is 17.0. The molecule has 0 unspecified atom stereocenters. The maximum atomic E-state index is 11.6. The minimum atomic E-state index is -0.363. The summed E-state index contributed by atoms with van der Waals surface area (Å²) in [4.78, 5) is 4.50. The largest absolute Gasteiger partial charge is 0.507 e. The number of fused-ring (bicyclic) bond motifs is 2. The number of aliphatic hydroxyl groups is 1. The van der Waals surface area contributed by atoms with E-state index in [4.69, 9.17) is 0 Å². The highest BCUT2D eigenvalue weighted by Crippen LogP contribution is 2.51. The number of hydrogen-bond acceptors (Lipinski definition) is 5. The van der Waals surface area contributed by atoms with Gasteiger partial charge >= 0.3 is 0 Å². The Hall–Kier alpha value is -3.91. The molecule has 2 aromatic rings. The van der Waals surface area contributed by atoms with E-state index < -0.39 is 0 Å². The lowest BCUT2D eigenvalue weighted by Gasteiger charge is -2.31. The molecule has 1 aliphatic carbocycles.